The maximum absolute atomic E-state index is 10.3. The van der Waals surface area contributed by atoms with Gasteiger partial charge < -0.3 is 13.9 Å². The van der Waals surface area contributed by atoms with Gasteiger partial charge in [0.1, 0.15) is 22.8 Å². The molecule has 0 amide bonds. The summed E-state index contributed by atoms with van der Waals surface area (Å²) in [4.78, 5) is 8.93. The lowest BCUT2D eigenvalue weighted by molar-refractivity contribution is 0.474. The third-order valence-corrected chi connectivity index (χ3v) is 4.77. The van der Waals surface area contributed by atoms with Gasteiger partial charge in [0.05, 0.1) is 17.5 Å². The SMILES string of the molecule is Cc1cccc(-c2ccc(C=Nc3ccc(O)c(-c4nc5ccccc5o4)c3)o2)c1. The van der Waals surface area contributed by atoms with Crippen LogP contribution in [-0.2, 0) is 0 Å². The molecule has 0 aliphatic heterocycles. The Labute approximate surface area is 173 Å². The molecule has 0 saturated heterocycles. The van der Waals surface area contributed by atoms with Gasteiger partial charge >= 0.3 is 0 Å². The number of para-hydroxylation sites is 2. The van der Waals surface area contributed by atoms with E-state index in [4.69, 9.17) is 8.83 Å². The molecule has 0 spiro atoms. The zero-order valence-corrected chi connectivity index (χ0v) is 16.2. The van der Waals surface area contributed by atoms with Crippen LogP contribution in [0.15, 0.2) is 92.7 Å². The van der Waals surface area contributed by atoms with Gasteiger partial charge in [-0.2, -0.15) is 0 Å². The average molecular weight is 394 g/mol. The van der Waals surface area contributed by atoms with Crippen molar-refractivity contribution in [1.82, 2.24) is 4.98 Å². The van der Waals surface area contributed by atoms with Crippen molar-refractivity contribution in [2.24, 2.45) is 4.99 Å². The van der Waals surface area contributed by atoms with Gasteiger partial charge in [0.15, 0.2) is 5.58 Å². The molecule has 2 heterocycles. The van der Waals surface area contributed by atoms with E-state index in [9.17, 15) is 5.11 Å². The van der Waals surface area contributed by atoms with Crippen molar-refractivity contribution in [2.45, 2.75) is 6.92 Å². The molecule has 0 fully saturated rings. The fourth-order valence-electron chi connectivity index (χ4n) is 3.28. The maximum atomic E-state index is 10.3. The number of hydrogen-bond acceptors (Lipinski definition) is 5. The van der Waals surface area contributed by atoms with Gasteiger partial charge in [0, 0.05) is 5.56 Å². The topological polar surface area (TPSA) is 71.8 Å². The molecule has 0 bridgehead atoms. The fourth-order valence-corrected chi connectivity index (χ4v) is 3.28. The summed E-state index contributed by atoms with van der Waals surface area (Å²) in [6, 6.07) is 24.5. The van der Waals surface area contributed by atoms with Gasteiger partial charge in [-0.3, -0.25) is 4.99 Å². The van der Waals surface area contributed by atoms with E-state index in [0.717, 1.165) is 16.8 Å². The molecule has 30 heavy (non-hydrogen) atoms. The van der Waals surface area contributed by atoms with Gasteiger partial charge in [-0.25, -0.2) is 4.98 Å². The van der Waals surface area contributed by atoms with Gasteiger partial charge in [-0.1, -0.05) is 35.9 Å². The molecule has 0 radical (unpaired) electrons. The Morgan fingerprint density at radius 2 is 1.80 bits per heavy atom. The van der Waals surface area contributed by atoms with Crippen molar-refractivity contribution < 1.29 is 13.9 Å². The Morgan fingerprint density at radius 1 is 0.900 bits per heavy atom. The Morgan fingerprint density at radius 3 is 2.67 bits per heavy atom. The predicted octanol–water partition coefficient (Wildman–Crippen LogP) is 6.52. The number of furan rings is 1. The Kier molecular flexibility index (Phi) is 4.41. The first-order chi connectivity index (χ1) is 14.7. The number of aryl methyl sites for hydroxylation is 1. The Hall–Kier alpha value is -4.12. The van der Waals surface area contributed by atoms with Crippen LogP contribution in [0.25, 0.3) is 33.9 Å². The van der Waals surface area contributed by atoms with Crippen molar-refractivity contribution in [3.8, 4) is 28.5 Å². The predicted molar refractivity (Wildman–Crippen MR) is 117 cm³/mol. The van der Waals surface area contributed by atoms with Crippen molar-refractivity contribution in [3.63, 3.8) is 0 Å². The first-order valence-corrected chi connectivity index (χ1v) is 9.56. The lowest BCUT2D eigenvalue weighted by Crippen LogP contribution is -1.80. The molecule has 5 aromatic rings. The summed E-state index contributed by atoms with van der Waals surface area (Å²) < 4.78 is 11.7. The zero-order valence-electron chi connectivity index (χ0n) is 16.2. The molecule has 5 rings (SSSR count). The standard InChI is InChI=1S/C25H18N2O3/c1-16-5-4-6-17(13-16)23-12-10-19(29-23)15-26-18-9-11-22(28)20(14-18)25-27-21-7-2-3-8-24(21)30-25/h2-15,28H,1H3. The smallest absolute Gasteiger partial charge is 0.231 e. The molecule has 3 aromatic carbocycles. The summed E-state index contributed by atoms with van der Waals surface area (Å²) in [5.74, 6) is 1.87. The van der Waals surface area contributed by atoms with Gasteiger partial charge in [0.25, 0.3) is 0 Å². The van der Waals surface area contributed by atoms with Crippen LogP contribution >= 0.6 is 0 Å². The minimum atomic E-state index is 0.0836. The lowest BCUT2D eigenvalue weighted by Gasteiger charge is -2.01. The number of phenolic OH excluding ortho intramolecular Hbond substituents is 1. The second-order valence-electron chi connectivity index (χ2n) is 7.02. The number of fused-ring (bicyclic) bond motifs is 1. The van der Waals surface area contributed by atoms with E-state index in [-0.39, 0.29) is 5.75 Å². The van der Waals surface area contributed by atoms with E-state index in [2.05, 4.69) is 16.0 Å². The number of aliphatic imine (C=N–C) groups is 1. The van der Waals surface area contributed by atoms with E-state index in [1.54, 1.807) is 24.4 Å². The largest absolute Gasteiger partial charge is 0.507 e. The molecule has 0 atom stereocenters. The third-order valence-electron chi connectivity index (χ3n) is 4.77. The van der Waals surface area contributed by atoms with E-state index in [0.29, 0.717) is 28.5 Å². The molecule has 0 saturated carbocycles. The van der Waals surface area contributed by atoms with Crippen LogP contribution in [0.1, 0.15) is 11.3 Å². The van der Waals surface area contributed by atoms with E-state index in [1.807, 2.05) is 61.5 Å². The second-order valence-corrected chi connectivity index (χ2v) is 7.02. The number of hydrogen-bond donors (Lipinski definition) is 1. The van der Waals surface area contributed by atoms with Crippen LogP contribution in [0.2, 0.25) is 0 Å². The molecule has 0 aliphatic rings. The Balaban J connectivity index is 1.43. The number of aromatic hydroxyl groups is 1. The number of nitrogens with zero attached hydrogens (tertiary/aromatic N) is 2. The van der Waals surface area contributed by atoms with Crippen molar-refractivity contribution in [2.75, 3.05) is 0 Å². The number of phenols is 1. The van der Waals surface area contributed by atoms with Crippen LogP contribution < -0.4 is 0 Å². The first kappa shape index (κ1) is 17.9. The number of oxazole rings is 1. The molecule has 1 N–H and O–H groups in total. The normalized spacial score (nSPS) is 11.5. The minimum Gasteiger partial charge on any atom is -0.507 e. The number of rotatable bonds is 4. The van der Waals surface area contributed by atoms with Gasteiger partial charge in [-0.05, 0) is 55.5 Å². The minimum absolute atomic E-state index is 0.0836. The highest BCUT2D eigenvalue weighted by atomic mass is 16.4. The zero-order chi connectivity index (χ0) is 20.5. The summed E-state index contributed by atoms with van der Waals surface area (Å²) in [5, 5.41) is 10.3. The van der Waals surface area contributed by atoms with Crippen molar-refractivity contribution >= 4 is 23.0 Å². The van der Waals surface area contributed by atoms with Crippen LogP contribution in [0, 0.1) is 6.92 Å². The fraction of sp³-hybridized carbons (Fsp3) is 0.0400. The molecule has 0 unspecified atom stereocenters. The highest BCUT2D eigenvalue weighted by Gasteiger charge is 2.13. The van der Waals surface area contributed by atoms with Crippen molar-refractivity contribution in [3.05, 3.63) is 90.2 Å². The van der Waals surface area contributed by atoms with Crippen LogP contribution in [0.4, 0.5) is 5.69 Å². The van der Waals surface area contributed by atoms with Crippen LogP contribution in [0.3, 0.4) is 0 Å². The molecule has 5 nitrogen and oxygen atoms in total. The van der Waals surface area contributed by atoms with Gasteiger partial charge in [-0.15, -0.1) is 0 Å². The summed E-state index contributed by atoms with van der Waals surface area (Å²) in [6.45, 7) is 2.05. The summed E-state index contributed by atoms with van der Waals surface area (Å²) in [5.41, 5.74) is 4.74. The molecule has 5 heteroatoms. The monoisotopic (exact) mass is 394 g/mol. The molecule has 0 aliphatic carbocycles. The average Bonchev–Trinajstić information content (AvgIpc) is 3.40. The summed E-state index contributed by atoms with van der Waals surface area (Å²) in [7, 11) is 0. The highest BCUT2D eigenvalue weighted by Crippen LogP contribution is 2.34. The van der Waals surface area contributed by atoms with Gasteiger partial charge in [0.2, 0.25) is 5.89 Å². The highest BCUT2D eigenvalue weighted by molar-refractivity contribution is 5.82. The molecular formula is C25H18N2O3. The third kappa shape index (κ3) is 3.49. The number of aromatic nitrogens is 1. The lowest BCUT2D eigenvalue weighted by atomic mass is 10.1. The molecule has 2 aromatic heterocycles. The van der Waals surface area contributed by atoms with E-state index in [1.165, 1.54) is 5.56 Å². The van der Waals surface area contributed by atoms with E-state index >= 15 is 0 Å². The van der Waals surface area contributed by atoms with Crippen molar-refractivity contribution in [1.29, 1.82) is 0 Å². The van der Waals surface area contributed by atoms with E-state index < -0.39 is 0 Å². The summed E-state index contributed by atoms with van der Waals surface area (Å²) >= 11 is 0. The number of benzene rings is 3. The molecular weight excluding hydrogens is 376 g/mol. The van der Waals surface area contributed by atoms with Crippen LogP contribution in [-0.4, -0.2) is 16.3 Å². The van der Waals surface area contributed by atoms with Crippen LogP contribution in [0.5, 0.6) is 5.75 Å². The second kappa shape index (κ2) is 7.37. The quantitative estimate of drug-likeness (QED) is 0.352. The molecule has 146 valence electrons. The summed E-state index contributed by atoms with van der Waals surface area (Å²) in [6.07, 6.45) is 1.65. The first-order valence-electron chi connectivity index (χ1n) is 9.56. The maximum Gasteiger partial charge on any atom is 0.231 e. The Bertz CT molecular complexity index is 1350.